The van der Waals surface area contributed by atoms with Crippen LogP contribution in [0.3, 0.4) is 0 Å². The van der Waals surface area contributed by atoms with Crippen molar-refractivity contribution in [3.05, 3.63) is 5.28 Å². The number of primary sulfonamides is 1. The van der Waals surface area contributed by atoms with Crippen molar-refractivity contribution >= 4 is 33.5 Å². The maximum atomic E-state index is 10.7. The fraction of sp³-hybridized carbons (Fsp3) is 0.500. The molecule has 0 spiro atoms. The average Bonchev–Trinajstić information content (AvgIpc) is 2.14. The Kier molecular flexibility index (Phi) is 4.21. The second-order valence-electron chi connectivity index (χ2n) is 2.80. The molecule has 0 saturated carbocycles. The minimum atomic E-state index is -3.50. The number of halogens is 1. The standard InChI is InChI=1S/C6H11ClN6O2S/c1-9-5-11-4(7)12-6(13-5)10-2-3-16(8,14)15/h2-3H2,1H3,(H2,8,14,15)(H2,9,10,11,12,13). The fourth-order valence-corrected chi connectivity index (χ4v) is 1.39. The lowest BCUT2D eigenvalue weighted by molar-refractivity contribution is 0.598. The highest BCUT2D eigenvalue weighted by Gasteiger charge is 2.05. The lowest BCUT2D eigenvalue weighted by Crippen LogP contribution is -2.23. The first-order chi connectivity index (χ1) is 7.40. The molecule has 10 heteroatoms. The van der Waals surface area contributed by atoms with Crippen molar-refractivity contribution in [2.24, 2.45) is 5.14 Å². The number of rotatable bonds is 5. The summed E-state index contributed by atoms with van der Waals surface area (Å²) in [5.41, 5.74) is 0. The van der Waals surface area contributed by atoms with Gasteiger partial charge in [-0.1, -0.05) is 0 Å². The number of hydrogen-bond donors (Lipinski definition) is 3. The number of nitrogens with two attached hydrogens (primary N) is 1. The Morgan fingerprint density at radius 2 is 1.94 bits per heavy atom. The molecule has 0 aromatic carbocycles. The summed E-state index contributed by atoms with van der Waals surface area (Å²) in [6, 6.07) is 0. The van der Waals surface area contributed by atoms with Gasteiger partial charge in [0.15, 0.2) is 0 Å². The summed E-state index contributed by atoms with van der Waals surface area (Å²) in [5.74, 6) is 0.261. The lowest BCUT2D eigenvalue weighted by Gasteiger charge is -2.05. The van der Waals surface area contributed by atoms with Crippen LogP contribution >= 0.6 is 11.6 Å². The average molecular weight is 267 g/mol. The van der Waals surface area contributed by atoms with Crippen LogP contribution in [0.1, 0.15) is 0 Å². The third kappa shape index (κ3) is 4.55. The van der Waals surface area contributed by atoms with Crippen LogP contribution < -0.4 is 15.8 Å². The van der Waals surface area contributed by atoms with Crippen LogP contribution in [0.5, 0.6) is 0 Å². The molecule has 0 saturated heterocycles. The molecule has 0 unspecified atom stereocenters. The Morgan fingerprint density at radius 3 is 2.50 bits per heavy atom. The topological polar surface area (TPSA) is 123 Å². The lowest BCUT2D eigenvalue weighted by atomic mass is 10.7. The molecule has 90 valence electrons. The van der Waals surface area contributed by atoms with Crippen LogP contribution in [0, 0.1) is 0 Å². The molecule has 0 amide bonds. The van der Waals surface area contributed by atoms with E-state index >= 15 is 0 Å². The van der Waals surface area contributed by atoms with E-state index in [1.807, 2.05) is 0 Å². The molecule has 1 heterocycles. The van der Waals surface area contributed by atoms with Crippen LogP contribution in [-0.4, -0.2) is 42.7 Å². The summed E-state index contributed by atoms with van der Waals surface area (Å²) in [7, 11) is -1.88. The molecule has 1 aromatic heterocycles. The van der Waals surface area contributed by atoms with Crippen LogP contribution in [0.4, 0.5) is 11.9 Å². The van der Waals surface area contributed by atoms with Crippen molar-refractivity contribution in [1.82, 2.24) is 15.0 Å². The minimum absolute atomic E-state index is 0.0115. The molecule has 4 N–H and O–H groups in total. The van der Waals surface area contributed by atoms with Crippen molar-refractivity contribution in [3.63, 3.8) is 0 Å². The van der Waals surface area contributed by atoms with Gasteiger partial charge in [0.05, 0.1) is 5.75 Å². The van der Waals surface area contributed by atoms with Gasteiger partial charge in [-0.2, -0.15) is 15.0 Å². The molecule has 16 heavy (non-hydrogen) atoms. The number of nitrogens with zero attached hydrogens (tertiary/aromatic N) is 3. The van der Waals surface area contributed by atoms with E-state index in [0.29, 0.717) is 0 Å². The van der Waals surface area contributed by atoms with Gasteiger partial charge in [-0.25, -0.2) is 13.6 Å². The summed E-state index contributed by atoms with van der Waals surface area (Å²) in [5, 5.41) is 10.2. The Bertz CT molecular complexity index is 464. The third-order valence-electron chi connectivity index (χ3n) is 1.50. The molecule has 1 rings (SSSR count). The summed E-state index contributed by atoms with van der Waals surface area (Å²) in [6.45, 7) is 0.0995. The van der Waals surface area contributed by atoms with Crippen LogP contribution in [0.25, 0.3) is 0 Å². The first-order valence-corrected chi connectivity index (χ1v) is 6.34. The Hall–Kier alpha value is -1.19. The Labute approximate surface area is 97.7 Å². The van der Waals surface area contributed by atoms with Crippen molar-refractivity contribution in [1.29, 1.82) is 0 Å². The maximum absolute atomic E-state index is 10.7. The minimum Gasteiger partial charge on any atom is -0.357 e. The summed E-state index contributed by atoms with van der Waals surface area (Å²) in [4.78, 5) is 11.4. The zero-order valence-corrected chi connectivity index (χ0v) is 10.0. The van der Waals surface area contributed by atoms with E-state index in [2.05, 4.69) is 25.6 Å². The molecule has 0 atom stereocenters. The van der Waals surface area contributed by atoms with E-state index < -0.39 is 10.0 Å². The normalized spacial score (nSPS) is 11.2. The van der Waals surface area contributed by atoms with Crippen molar-refractivity contribution in [2.45, 2.75) is 0 Å². The molecule has 0 bridgehead atoms. The monoisotopic (exact) mass is 266 g/mol. The maximum Gasteiger partial charge on any atom is 0.228 e. The van der Waals surface area contributed by atoms with Gasteiger partial charge in [-0.05, 0) is 11.6 Å². The highest BCUT2D eigenvalue weighted by Crippen LogP contribution is 2.08. The quantitative estimate of drug-likeness (QED) is 0.642. The van der Waals surface area contributed by atoms with Crippen molar-refractivity contribution < 1.29 is 8.42 Å². The largest absolute Gasteiger partial charge is 0.357 e. The number of nitrogens with one attached hydrogen (secondary N) is 2. The SMILES string of the molecule is CNc1nc(Cl)nc(NCCS(N)(=O)=O)n1. The summed E-state index contributed by atoms with van der Waals surface area (Å²) in [6.07, 6.45) is 0. The first kappa shape index (κ1) is 12.9. The fourth-order valence-electron chi connectivity index (χ4n) is 0.846. The highest BCUT2D eigenvalue weighted by molar-refractivity contribution is 7.89. The molecule has 8 nitrogen and oxygen atoms in total. The molecular weight excluding hydrogens is 256 g/mol. The number of aromatic nitrogens is 3. The van der Waals surface area contributed by atoms with E-state index in [1.54, 1.807) is 7.05 Å². The van der Waals surface area contributed by atoms with Gasteiger partial charge >= 0.3 is 0 Å². The summed E-state index contributed by atoms with van der Waals surface area (Å²) >= 11 is 5.61. The molecule has 0 radical (unpaired) electrons. The van der Waals surface area contributed by atoms with Gasteiger partial charge in [0.1, 0.15) is 0 Å². The predicted octanol–water partition coefficient (Wildman–Crippen LogP) is -0.733. The van der Waals surface area contributed by atoms with E-state index in [9.17, 15) is 8.42 Å². The Morgan fingerprint density at radius 1 is 1.31 bits per heavy atom. The Balaban J connectivity index is 2.63. The zero-order chi connectivity index (χ0) is 12.2. The van der Waals surface area contributed by atoms with Crippen LogP contribution in [0.15, 0.2) is 0 Å². The molecule has 0 aliphatic rings. The second kappa shape index (κ2) is 5.23. The molecule has 0 fully saturated rings. The van der Waals surface area contributed by atoms with Crippen LogP contribution in [0.2, 0.25) is 5.28 Å². The molecule has 0 aliphatic carbocycles. The summed E-state index contributed by atoms with van der Waals surface area (Å²) < 4.78 is 21.3. The smallest absolute Gasteiger partial charge is 0.228 e. The molecular formula is C6H11ClN6O2S. The second-order valence-corrected chi connectivity index (χ2v) is 4.87. The predicted molar refractivity (Wildman–Crippen MR) is 60.8 cm³/mol. The van der Waals surface area contributed by atoms with Crippen LogP contribution in [-0.2, 0) is 10.0 Å². The number of anilines is 2. The van der Waals surface area contributed by atoms with E-state index in [4.69, 9.17) is 16.7 Å². The number of hydrogen-bond acceptors (Lipinski definition) is 7. The van der Waals surface area contributed by atoms with Gasteiger partial charge in [-0.15, -0.1) is 0 Å². The van der Waals surface area contributed by atoms with E-state index in [1.165, 1.54) is 0 Å². The van der Waals surface area contributed by atoms with Crippen molar-refractivity contribution in [2.75, 3.05) is 30.0 Å². The first-order valence-electron chi connectivity index (χ1n) is 4.24. The van der Waals surface area contributed by atoms with Gasteiger partial charge in [0.25, 0.3) is 0 Å². The number of sulfonamides is 1. The molecule has 0 aliphatic heterocycles. The van der Waals surface area contributed by atoms with Gasteiger partial charge < -0.3 is 10.6 Å². The van der Waals surface area contributed by atoms with E-state index in [0.717, 1.165) is 0 Å². The van der Waals surface area contributed by atoms with Gasteiger partial charge in [0.2, 0.25) is 27.2 Å². The third-order valence-corrected chi connectivity index (χ3v) is 2.44. The zero-order valence-electron chi connectivity index (χ0n) is 8.44. The van der Waals surface area contributed by atoms with Gasteiger partial charge in [-0.3, -0.25) is 0 Å². The van der Waals surface area contributed by atoms with E-state index in [-0.39, 0.29) is 29.5 Å². The van der Waals surface area contributed by atoms with Crippen molar-refractivity contribution in [3.8, 4) is 0 Å². The molecule has 1 aromatic rings. The van der Waals surface area contributed by atoms with Gasteiger partial charge in [0, 0.05) is 13.6 Å². The highest BCUT2D eigenvalue weighted by atomic mass is 35.5.